The van der Waals surface area contributed by atoms with Crippen LogP contribution in [0, 0.1) is 31.4 Å². The van der Waals surface area contributed by atoms with Gasteiger partial charge in [0, 0.05) is 10.6 Å². The van der Waals surface area contributed by atoms with E-state index < -0.39 is 11.9 Å². The molecular formula is C20H20N2O3S. The lowest BCUT2D eigenvalue weighted by Gasteiger charge is -2.13. The number of nitrogens with one attached hydrogen (secondary N) is 1. The molecule has 2 rings (SSSR count). The first-order chi connectivity index (χ1) is 12.4. The molecule has 0 fully saturated rings. The molecule has 0 saturated heterocycles. The summed E-state index contributed by atoms with van der Waals surface area (Å²) in [4.78, 5) is 24.8. The van der Waals surface area contributed by atoms with E-state index in [1.807, 2.05) is 62.6 Å². The van der Waals surface area contributed by atoms with Gasteiger partial charge in [-0.05, 0) is 61.4 Å². The average molecular weight is 368 g/mol. The zero-order valence-electron chi connectivity index (χ0n) is 15.0. The van der Waals surface area contributed by atoms with Crippen LogP contribution in [-0.2, 0) is 20.7 Å². The van der Waals surface area contributed by atoms with Gasteiger partial charge in [0.05, 0.1) is 6.42 Å². The lowest BCUT2D eigenvalue weighted by molar-refractivity contribution is -0.146. The number of ether oxygens (including phenoxy) is 1. The van der Waals surface area contributed by atoms with E-state index in [4.69, 9.17) is 10.00 Å². The maximum Gasteiger partial charge on any atom is 0.310 e. The maximum absolute atomic E-state index is 12.1. The van der Waals surface area contributed by atoms with Crippen LogP contribution >= 0.6 is 11.8 Å². The molecule has 0 aromatic heterocycles. The summed E-state index contributed by atoms with van der Waals surface area (Å²) in [6.45, 7) is 5.35. The number of amides is 1. The number of rotatable bonds is 6. The molecule has 1 amide bonds. The molecule has 0 heterocycles. The highest BCUT2D eigenvalue weighted by molar-refractivity contribution is 8.03. The number of esters is 1. The standard InChI is InChI=1S/C20H20N2O3S/c1-13-4-6-16(7-5-13)10-19(24)25-11-18(23)22-20-14(2)8-17(26-12-21)9-15(20)3/h4-9H,10-11H2,1-3H3,(H,22,23). The van der Waals surface area contributed by atoms with Gasteiger partial charge in [-0.15, -0.1) is 0 Å². The molecule has 0 spiro atoms. The Morgan fingerprint density at radius 1 is 1.12 bits per heavy atom. The molecule has 5 nitrogen and oxygen atoms in total. The highest BCUT2D eigenvalue weighted by Gasteiger charge is 2.12. The maximum atomic E-state index is 12.1. The van der Waals surface area contributed by atoms with Crippen LogP contribution in [0.1, 0.15) is 22.3 Å². The lowest BCUT2D eigenvalue weighted by Crippen LogP contribution is -2.22. The van der Waals surface area contributed by atoms with Gasteiger partial charge >= 0.3 is 5.97 Å². The predicted molar refractivity (Wildman–Crippen MR) is 102 cm³/mol. The molecule has 0 bridgehead atoms. The topological polar surface area (TPSA) is 79.2 Å². The number of aryl methyl sites for hydroxylation is 3. The van der Waals surface area contributed by atoms with Gasteiger partial charge in [0.2, 0.25) is 0 Å². The van der Waals surface area contributed by atoms with Gasteiger partial charge in [-0.3, -0.25) is 9.59 Å². The van der Waals surface area contributed by atoms with E-state index in [2.05, 4.69) is 5.32 Å². The van der Waals surface area contributed by atoms with Crippen LogP contribution in [0.3, 0.4) is 0 Å². The van der Waals surface area contributed by atoms with Crippen LogP contribution in [0.25, 0.3) is 0 Å². The van der Waals surface area contributed by atoms with Crippen molar-refractivity contribution in [1.29, 1.82) is 5.26 Å². The Kier molecular flexibility index (Phi) is 6.81. The first-order valence-corrected chi connectivity index (χ1v) is 8.89. The van der Waals surface area contributed by atoms with E-state index in [1.54, 1.807) is 0 Å². The number of anilines is 1. The SMILES string of the molecule is Cc1ccc(CC(=O)OCC(=O)Nc2c(C)cc(SC#N)cc2C)cc1. The number of thioether (sulfide) groups is 1. The number of hydrogen-bond acceptors (Lipinski definition) is 5. The van der Waals surface area contributed by atoms with E-state index in [1.165, 1.54) is 0 Å². The predicted octanol–water partition coefficient (Wildman–Crippen LogP) is 3.91. The summed E-state index contributed by atoms with van der Waals surface area (Å²) >= 11 is 1.07. The van der Waals surface area contributed by atoms with Gasteiger partial charge in [-0.25, -0.2) is 0 Å². The molecule has 134 valence electrons. The van der Waals surface area contributed by atoms with E-state index in [-0.39, 0.29) is 13.0 Å². The van der Waals surface area contributed by atoms with Gasteiger partial charge in [0.25, 0.3) is 5.91 Å². The molecule has 0 aliphatic carbocycles. The van der Waals surface area contributed by atoms with E-state index in [0.717, 1.165) is 38.9 Å². The normalized spacial score (nSPS) is 10.1. The van der Waals surface area contributed by atoms with E-state index >= 15 is 0 Å². The highest BCUT2D eigenvalue weighted by atomic mass is 32.2. The highest BCUT2D eigenvalue weighted by Crippen LogP contribution is 2.27. The second kappa shape index (κ2) is 9.07. The molecule has 0 atom stereocenters. The summed E-state index contributed by atoms with van der Waals surface area (Å²) in [7, 11) is 0. The summed E-state index contributed by atoms with van der Waals surface area (Å²) in [6, 6.07) is 11.2. The fourth-order valence-corrected chi connectivity index (χ4v) is 3.05. The van der Waals surface area contributed by atoms with E-state index in [9.17, 15) is 9.59 Å². The Hall–Kier alpha value is -2.78. The number of thiocyanates is 1. The smallest absolute Gasteiger partial charge is 0.310 e. The number of carbonyl (C=O) groups is 2. The van der Waals surface area contributed by atoms with Gasteiger partial charge in [-0.1, -0.05) is 29.8 Å². The number of benzene rings is 2. The Balaban J connectivity index is 1.89. The molecule has 26 heavy (non-hydrogen) atoms. The zero-order valence-corrected chi connectivity index (χ0v) is 15.8. The molecular weight excluding hydrogens is 348 g/mol. The fourth-order valence-electron chi connectivity index (χ4n) is 2.48. The minimum Gasteiger partial charge on any atom is -0.455 e. The van der Waals surface area contributed by atoms with Gasteiger partial charge in [0.15, 0.2) is 6.61 Å². The average Bonchev–Trinajstić information content (AvgIpc) is 2.59. The number of carbonyl (C=O) groups excluding carboxylic acids is 2. The molecule has 0 saturated carbocycles. The van der Waals surface area contributed by atoms with Gasteiger partial charge < -0.3 is 10.1 Å². The van der Waals surface area contributed by atoms with Crippen molar-refractivity contribution in [2.45, 2.75) is 32.1 Å². The van der Waals surface area contributed by atoms with Crippen molar-refractivity contribution >= 4 is 29.3 Å². The van der Waals surface area contributed by atoms with Crippen LogP contribution in [-0.4, -0.2) is 18.5 Å². The van der Waals surface area contributed by atoms with Crippen molar-refractivity contribution in [3.63, 3.8) is 0 Å². The quantitative estimate of drug-likeness (QED) is 0.475. The fraction of sp³-hybridized carbons (Fsp3) is 0.250. The third-order valence-corrected chi connectivity index (χ3v) is 4.33. The molecule has 2 aromatic carbocycles. The zero-order chi connectivity index (χ0) is 19.1. The van der Waals surface area contributed by atoms with Crippen molar-refractivity contribution in [2.75, 3.05) is 11.9 Å². The third kappa shape index (κ3) is 5.64. The summed E-state index contributed by atoms with van der Waals surface area (Å²) in [6.07, 6.45) is 0.131. The van der Waals surface area contributed by atoms with Crippen LogP contribution in [0.15, 0.2) is 41.3 Å². The second-order valence-electron chi connectivity index (χ2n) is 6.00. The van der Waals surface area contributed by atoms with Crippen LogP contribution in [0.2, 0.25) is 0 Å². The Labute approximate surface area is 157 Å². The van der Waals surface area contributed by atoms with Crippen LogP contribution < -0.4 is 5.32 Å². The largest absolute Gasteiger partial charge is 0.455 e. The first-order valence-electron chi connectivity index (χ1n) is 8.07. The van der Waals surface area contributed by atoms with Gasteiger partial charge in [0.1, 0.15) is 5.40 Å². The van der Waals surface area contributed by atoms with Crippen molar-refractivity contribution in [2.24, 2.45) is 0 Å². The first kappa shape index (κ1) is 19.5. The van der Waals surface area contributed by atoms with Crippen molar-refractivity contribution < 1.29 is 14.3 Å². The molecule has 1 N–H and O–H groups in total. The second-order valence-corrected chi connectivity index (χ2v) is 6.85. The molecule has 0 aliphatic rings. The van der Waals surface area contributed by atoms with Crippen LogP contribution in [0.4, 0.5) is 5.69 Å². The minimum atomic E-state index is -0.446. The Bertz CT molecular complexity index is 831. The summed E-state index contributed by atoms with van der Waals surface area (Å²) in [5, 5.41) is 13.5. The number of nitriles is 1. The molecule has 0 unspecified atom stereocenters. The summed E-state index contributed by atoms with van der Waals surface area (Å²) in [5.74, 6) is -0.840. The third-order valence-electron chi connectivity index (χ3n) is 3.77. The monoisotopic (exact) mass is 368 g/mol. The molecule has 0 aliphatic heterocycles. The Morgan fingerprint density at radius 3 is 2.31 bits per heavy atom. The van der Waals surface area contributed by atoms with Crippen LogP contribution in [0.5, 0.6) is 0 Å². The molecule has 6 heteroatoms. The molecule has 2 aromatic rings. The number of hydrogen-bond donors (Lipinski definition) is 1. The minimum absolute atomic E-state index is 0.131. The lowest BCUT2D eigenvalue weighted by atomic mass is 10.1. The Morgan fingerprint density at radius 2 is 1.73 bits per heavy atom. The van der Waals surface area contributed by atoms with Gasteiger partial charge in [-0.2, -0.15) is 5.26 Å². The molecule has 0 radical (unpaired) electrons. The van der Waals surface area contributed by atoms with Crippen molar-refractivity contribution in [3.8, 4) is 5.40 Å². The summed E-state index contributed by atoms with van der Waals surface area (Å²) in [5.41, 5.74) is 4.33. The summed E-state index contributed by atoms with van der Waals surface area (Å²) < 4.78 is 5.05. The van der Waals surface area contributed by atoms with Crippen molar-refractivity contribution in [1.82, 2.24) is 0 Å². The van der Waals surface area contributed by atoms with Crippen molar-refractivity contribution in [3.05, 3.63) is 58.7 Å². The number of nitrogens with zero attached hydrogens (tertiary/aromatic N) is 1. The van der Waals surface area contributed by atoms with E-state index in [0.29, 0.717) is 5.69 Å².